The molecule has 0 fully saturated rings. The van der Waals surface area contributed by atoms with Gasteiger partial charge in [0.25, 0.3) is 0 Å². The first-order valence-corrected chi connectivity index (χ1v) is 9.26. The van der Waals surface area contributed by atoms with Crippen molar-refractivity contribution < 1.29 is 4.74 Å². The molecule has 1 aliphatic heterocycles. The van der Waals surface area contributed by atoms with Crippen molar-refractivity contribution in [1.82, 2.24) is 14.8 Å². The van der Waals surface area contributed by atoms with Gasteiger partial charge in [0.1, 0.15) is 12.4 Å². The van der Waals surface area contributed by atoms with Gasteiger partial charge in [-0.1, -0.05) is 46.4 Å². The van der Waals surface area contributed by atoms with Crippen LogP contribution < -0.4 is 9.64 Å². The fraction of sp³-hybridized carbons (Fsp3) is 0.176. The maximum Gasteiger partial charge on any atom is 0.231 e. The molecule has 2 aromatic carbocycles. The number of benzene rings is 2. The number of ether oxygens (including phenoxy) is 1. The Hall–Kier alpha value is -1.66. The molecule has 0 aliphatic carbocycles. The zero-order valence-electron chi connectivity index (χ0n) is 13.3. The Morgan fingerprint density at radius 3 is 2.50 bits per heavy atom. The maximum atomic E-state index is 6.13. The van der Waals surface area contributed by atoms with Gasteiger partial charge in [-0.25, -0.2) is 0 Å². The van der Waals surface area contributed by atoms with E-state index in [0.717, 1.165) is 24.7 Å². The second kappa shape index (κ2) is 7.16. The Morgan fingerprint density at radius 2 is 1.73 bits per heavy atom. The third-order valence-electron chi connectivity index (χ3n) is 4.06. The van der Waals surface area contributed by atoms with Gasteiger partial charge in [0.2, 0.25) is 5.95 Å². The van der Waals surface area contributed by atoms with Crippen LogP contribution >= 0.6 is 46.4 Å². The van der Waals surface area contributed by atoms with Crippen LogP contribution in [0.25, 0.3) is 0 Å². The molecule has 1 aromatic heterocycles. The summed E-state index contributed by atoms with van der Waals surface area (Å²) in [5, 5.41) is 10.6. The van der Waals surface area contributed by atoms with Crippen molar-refractivity contribution in [3.63, 3.8) is 0 Å². The summed E-state index contributed by atoms with van der Waals surface area (Å²) in [5.74, 6) is 2.01. The molecule has 0 bridgehead atoms. The van der Waals surface area contributed by atoms with Gasteiger partial charge >= 0.3 is 0 Å². The first-order valence-electron chi connectivity index (χ1n) is 7.75. The highest BCUT2D eigenvalue weighted by Crippen LogP contribution is 2.34. The summed E-state index contributed by atoms with van der Waals surface area (Å²) >= 11 is 24.2. The average Bonchev–Trinajstić information content (AvgIpc) is 3.19. The van der Waals surface area contributed by atoms with Crippen molar-refractivity contribution in [1.29, 1.82) is 0 Å². The topological polar surface area (TPSA) is 43.2 Å². The highest BCUT2D eigenvalue weighted by atomic mass is 35.5. The molecule has 0 saturated carbocycles. The Morgan fingerprint density at radius 1 is 0.885 bits per heavy atom. The van der Waals surface area contributed by atoms with Gasteiger partial charge in [0, 0.05) is 23.8 Å². The fourth-order valence-electron chi connectivity index (χ4n) is 2.79. The van der Waals surface area contributed by atoms with Crippen LogP contribution in [0, 0.1) is 0 Å². The highest BCUT2D eigenvalue weighted by Gasteiger charge is 2.26. The van der Waals surface area contributed by atoms with Crippen molar-refractivity contribution in [2.24, 2.45) is 0 Å². The minimum absolute atomic E-state index is 0.254. The lowest BCUT2D eigenvalue weighted by Crippen LogP contribution is -2.14. The molecule has 9 heteroatoms. The van der Waals surface area contributed by atoms with Gasteiger partial charge in [-0.15, -0.1) is 10.2 Å². The van der Waals surface area contributed by atoms with Crippen LogP contribution in [0.4, 0.5) is 11.6 Å². The molecule has 5 nitrogen and oxygen atoms in total. The second-order valence-corrected chi connectivity index (χ2v) is 7.34. The first-order chi connectivity index (χ1) is 12.5. The Balaban J connectivity index is 1.54. The molecule has 0 amide bonds. The molecule has 0 atom stereocenters. The molecule has 0 saturated heterocycles. The molecule has 1 aliphatic rings. The van der Waals surface area contributed by atoms with Crippen LogP contribution in [0.5, 0.6) is 5.75 Å². The summed E-state index contributed by atoms with van der Waals surface area (Å²) in [7, 11) is 0. The highest BCUT2D eigenvalue weighted by molar-refractivity contribution is 6.42. The van der Waals surface area contributed by atoms with E-state index < -0.39 is 0 Å². The lowest BCUT2D eigenvalue weighted by Gasteiger charge is -2.15. The predicted octanol–water partition coefficient (Wildman–Crippen LogP) is 5.62. The maximum absolute atomic E-state index is 6.13. The van der Waals surface area contributed by atoms with Crippen molar-refractivity contribution >= 4 is 58.0 Å². The second-order valence-electron chi connectivity index (χ2n) is 5.68. The Kier molecular flexibility index (Phi) is 4.88. The predicted molar refractivity (Wildman–Crippen MR) is 104 cm³/mol. The van der Waals surface area contributed by atoms with Crippen molar-refractivity contribution in [2.45, 2.75) is 13.2 Å². The zero-order chi connectivity index (χ0) is 18.3. The summed E-state index contributed by atoms with van der Waals surface area (Å²) in [6, 6.07) is 10.6. The van der Waals surface area contributed by atoms with Gasteiger partial charge in [0.05, 0.1) is 15.1 Å². The lowest BCUT2D eigenvalue weighted by molar-refractivity contribution is 0.290. The van der Waals surface area contributed by atoms with E-state index in [1.165, 1.54) is 0 Å². The fourth-order valence-corrected chi connectivity index (χ4v) is 3.55. The molecule has 4 rings (SSSR count). The van der Waals surface area contributed by atoms with E-state index in [-0.39, 0.29) is 6.61 Å². The van der Waals surface area contributed by atoms with Crippen molar-refractivity contribution in [2.75, 3.05) is 11.4 Å². The van der Waals surface area contributed by atoms with Crippen LogP contribution in [-0.2, 0) is 13.2 Å². The van der Waals surface area contributed by atoms with Gasteiger partial charge < -0.3 is 9.64 Å². The molecular weight excluding hydrogens is 418 g/mol. The van der Waals surface area contributed by atoms with Gasteiger partial charge in [0.15, 0.2) is 5.82 Å². The third kappa shape index (κ3) is 3.32. The Labute approximate surface area is 170 Å². The zero-order valence-corrected chi connectivity index (χ0v) is 16.3. The van der Waals surface area contributed by atoms with Crippen LogP contribution in [0.1, 0.15) is 5.82 Å². The van der Waals surface area contributed by atoms with Gasteiger partial charge in [-0.05, 0) is 36.4 Å². The smallest absolute Gasteiger partial charge is 0.231 e. The standard InChI is InChI=1S/C17H12Cl4N4O/c18-10-1-4-15(14(21)7-10)26-9-16-22-23-17-24(5-6-25(16)17)11-2-3-12(19)13(20)8-11/h1-4,7-8H,5-6,9H2. The molecule has 0 radical (unpaired) electrons. The number of rotatable bonds is 4. The lowest BCUT2D eigenvalue weighted by atomic mass is 10.3. The van der Waals surface area contributed by atoms with E-state index in [2.05, 4.69) is 10.2 Å². The minimum Gasteiger partial charge on any atom is -0.484 e. The van der Waals surface area contributed by atoms with Crippen LogP contribution in [-0.4, -0.2) is 21.3 Å². The molecule has 3 aromatic rings. The third-order valence-corrected chi connectivity index (χ3v) is 5.33. The number of nitrogens with zero attached hydrogens (tertiary/aromatic N) is 4. The summed E-state index contributed by atoms with van der Waals surface area (Å²) in [6.45, 7) is 1.76. The molecule has 134 valence electrons. The Bertz CT molecular complexity index is 975. The number of fused-ring (bicyclic) bond motifs is 1. The first kappa shape index (κ1) is 17.7. The van der Waals surface area contributed by atoms with Gasteiger partial charge in [-0.2, -0.15) is 0 Å². The normalized spacial score (nSPS) is 13.2. The largest absolute Gasteiger partial charge is 0.484 e. The van der Waals surface area contributed by atoms with E-state index in [0.29, 0.717) is 31.7 Å². The van der Waals surface area contributed by atoms with Crippen LogP contribution in [0.2, 0.25) is 20.1 Å². The summed E-state index contributed by atoms with van der Waals surface area (Å²) in [6.07, 6.45) is 0. The van der Waals surface area contributed by atoms with Crippen LogP contribution in [0.15, 0.2) is 36.4 Å². The van der Waals surface area contributed by atoms with Crippen LogP contribution in [0.3, 0.4) is 0 Å². The van der Waals surface area contributed by atoms with Crippen molar-refractivity contribution in [3.8, 4) is 5.75 Å². The number of anilines is 2. The molecular formula is C17H12Cl4N4O. The van der Waals surface area contributed by atoms with Gasteiger partial charge in [-0.3, -0.25) is 4.57 Å². The quantitative estimate of drug-likeness (QED) is 0.539. The summed E-state index contributed by atoms with van der Waals surface area (Å²) in [4.78, 5) is 2.04. The molecule has 26 heavy (non-hydrogen) atoms. The average molecular weight is 430 g/mol. The monoisotopic (exact) mass is 428 g/mol. The minimum atomic E-state index is 0.254. The molecule has 0 spiro atoms. The molecule has 0 N–H and O–H groups in total. The number of hydrogen-bond acceptors (Lipinski definition) is 4. The van der Waals surface area contributed by atoms with E-state index >= 15 is 0 Å². The molecule has 2 heterocycles. The molecule has 0 unspecified atom stereocenters. The van der Waals surface area contributed by atoms with Crippen molar-refractivity contribution in [3.05, 3.63) is 62.3 Å². The van der Waals surface area contributed by atoms with E-state index in [9.17, 15) is 0 Å². The van der Waals surface area contributed by atoms with E-state index in [1.807, 2.05) is 21.6 Å². The summed E-state index contributed by atoms with van der Waals surface area (Å²) < 4.78 is 7.77. The summed E-state index contributed by atoms with van der Waals surface area (Å²) in [5.41, 5.74) is 0.916. The number of hydrogen-bond donors (Lipinski definition) is 0. The number of halogens is 4. The van der Waals surface area contributed by atoms with E-state index in [1.54, 1.807) is 24.3 Å². The van der Waals surface area contributed by atoms with E-state index in [4.69, 9.17) is 51.1 Å². The number of aromatic nitrogens is 3. The SMILES string of the molecule is Clc1ccc(OCc2nnc3n2CCN3c2ccc(Cl)c(Cl)c2)c(Cl)c1.